The molecule has 2 aromatic rings. The van der Waals surface area contributed by atoms with Gasteiger partial charge in [0.1, 0.15) is 0 Å². The minimum Gasteiger partial charge on any atom is -0.342 e. The van der Waals surface area contributed by atoms with Crippen LogP contribution in [0.15, 0.2) is 33.6 Å². The summed E-state index contributed by atoms with van der Waals surface area (Å²) < 4.78 is 5.49. The van der Waals surface area contributed by atoms with Gasteiger partial charge in [-0.1, -0.05) is 16.8 Å². The third-order valence-electron chi connectivity index (χ3n) is 1.53. The Morgan fingerprint density at radius 1 is 1.38 bits per heavy atom. The first-order valence-electron chi connectivity index (χ1n) is 3.49. The van der Waals surface area contributed by atoms with Crippen LogP contribution in [-0.4, -0.2) is 10.1 Å². The molecule has 0 atom stereocenters. The topological polar surface area (TPSA) is 38.9 Å². The highest BCUT2D eigenvalue weighted by Gasteiger charge is 2.07. The molecule has 0 unspecified atom stereocenters. The fraction of sp³-hybridized carbons (Fsp3) is 0. The fourth-order valence-electron chi connectivity index (χ4n) is 0.960. The largest absolute Gasteiger partial charge is 0.342 e. The third-order valence-corrected chi connectivity index (χ3v) is 2.42. The molecule has 0 fully saturated rings. The van der Waals surface area contributed by atoms with Gasteiger partial charge >= 0.3 is 0 Å². The maximum absolute atomic E-state index is 5.78. The highest BCUT2D eigenvalue weighted by atomic mass is 79.9. The van der Waals surface area contributed by atoms with Crippen molar-refractivity contribution in [2.24, 2.45) is 0 Å². The molecule has 0 bridgehead atoms. The summed E-state index contributed by atoms with van der Waals surface area (Å²) in [6.07, 6.45) is 1.29. The molecule has 0 aliphatic heterocycles. The number of hydrogen-bond acceptors (Lipinski definition) is 3. The molecule has 3 nitrogen and oxygen atoms in total. The predicted octanol–water partition coefficient (Wildman–Crippen LogP) is 3.15. The number of hydrogen-bond donors (Lipinski definition) is 0. The molecule has 0 aliphatic rings. The minimum absolute atomic E-state index is 0.545. The van der Waals surface area contributed by atoms with Crippen LogP contribution in [0.25, 0.3) is 11.4 Å². The van der Waals surface area contributed by atoms with E-state index in [1.54, 1.807) is 12.1 Å². The van der Waals surface area contributed by atoms with E-state index < -0.39 is 0 Å². The van der Waals surface area contributed by atoms with E-state index in [4.69, 9.17) is 11.6 Å². The van der Waals surface area contributed by atoms with Crippen molar-refractivity contribution in [2.45, 2.75) is 0 Å². The first-order valence-corrected chi connectivity index (χ1v) is 4.66. The summed E-state index contributed by atoms with van der Waals surface area (Å²) in [6.45, 7) is 0. The van der Waals surface area contributed by atoms with E-state index in [0.29, 0.717) is 10.8 Å². The molecule has 0 aliphatic carbocycles. The summed E-state index contributed by atoms with van der Waals surface area (Å²) in [6, 6.07) is 5.39. The molecule has 66 valence electrons. The third kappa shape index (κ3) is 1.73. The van der Waals surface area contributed by atoms with Crippen LogP contribution in [0, 0.1) is 0 Å². The average molecular weight is 259 g/mol. The lowest BCUT2D eigenvalue weighted by atomic mass is 10.2. The van der Waals surface area contributed by atoms with Crippen LogP contribution in [0.2, 0.25) is 5.02 Å². The van der Waals surface area contributed by atoms with Crippen molar-refractivity contribution in [1.82, 2.24) is 10.1 Å². The quantitative estimate of drug-likeness (QED) is 0.790. The van der Waals surface area contributed by atoms with E-state index in [1.165, 1.54) is 6.39 Å². The van der Waals surface area contributed by atoms with Crippen LogP contribution in [0.4, 0.5) is 0 Å². The van der Waals surface area contributed by atoms with Gasteiger partial charge < -0.3 is 4.52 Å². The van der Waals surface area contributed by atoms with Crippen molar-refractivity contribution in [3.63, 3.8) is 0 Å². The lowest BCUT2D eigenvalue weighted by molar-refractivity contribution is 0.418. The molecule has 13 heavy (non-hydrogen) atoms. The summed E-state index contributed by atoms with van der Waals surface area (Å²) in [5.74, 6) is 0.545. The molecule has 1 heterocycles. The number of halogens is 2. The van der Waals surface area contributed by atoms with Crippen LogP contribution in [0.5, 0.6) is 0 Å². The Kier molecular flexibility index (Phi) is 2.33. The van der Waals surface area contributed by atoms with Gasteiger partial charge in [-0.15, -0.1) is 0 Å². The zero-order chi connectivity index (χ0) is 9.26. The van der Waals surface area contributed by atoms with Crippen molar-refractivity contribution in [1.29, 1.82) is 0 Å². The van der Waals surface area contributed by atoms with Crippen LogP contribution in [0.3, 0.4) is 0 Å². The smallest absolute Gasteiger partial charge is 0.214 e. The van der Waals surface area contributed by atoms with E-state index in [0.717, 1.165) is 10.0 Å². The second-order valence-corrected chi connectivity index (χ2v) is 3.67. The zero-order valence-corrected chi connectivity index (χ0v) is 8.71. The van der Waals surface area contributed by atoms with Gasteiger partial charge in [0.15, 0.2) is 0 Å². The molecular formula is C8H4BrClN2O. The Morgan fingerprint density at radius 3 is 2.85 bits per heavy atom. The second kappa shape index (κ2) is 3.47. The van der Waals surface area contributed by atoms with Gasteiger partial charge in [-0.2, -0.15) is 4.98 Å². The first-order chi connectivity index (χ1) is 6.27. The fourth-order valence-corrected chi connectivity index (χ4v) is 1.82. The summed E-state index contributed by atoms with van der Waals surface area (Å²) in [4.78, 5) is 3.93. The predicted molar refractivity (Wildman–Crippen MR) is 52.4 cm³/mol. The van der Waals surface area contributed by atoms with Gasteiger partial charge in [-0.05, 0) is 34.1 Å². The van der Waals surface area contributed by atoms with Crippen LogP contribution < -0.4 is 0 Å². The first kappa shape index (κ1) is 8.72. The van der Waals surface area contributed by atoms with Gasteiger partial charge in [-0.3, -0.25) is 0 Å². The normalized spacial score (nSPS) is 10.3. The Labute approximate surface area is 87.8 Å². The van der Waals surface area contributed by atoms with E-state index in [1.807, 2.05) is 6.07 Å². The molecule has 0 amide bonds. The summed E-state index contributed by atoms with van der Waals surface area (Å²) in [7, 11) is 0. The highest BCUT2D eigenvalue weighted by Crippen LogP contribution is 2.27. The maximum Gasteiger partial charge on any atom is 0.214 e. The van der Waals surface area contributed by atoms with Crippen LogP contribution in [-0.2, 0) is 0 Å². The Hall–Kier alpha value is -0.870. The van der Waals surface area contributed by atoms with Crippen molar-refractivity contribution >= 4 is 27.5 Å². The van der Waals surface area contributed by atoms with E-state index in [9.17, 15) is 0 Å². The van der Waals surface area contributed by atoms with Crippen molar-refractivity contribution in [3.05, 3.63) is 34.1 Å². The van der Waals surface area contributed by atoms with E-state index in [-0.39, 0.29) is 0 Å². The molecule has 0 saturated carbocycles. The monoisotopic (exact) mass is 258 g/mol. The highest BCUT2D eigenvalue weighted by molar-refractivity contribution is 9.10. The lowest BCUT2D eigenvalue weighted by Crippen LogP contribution is -1.81. The van der Waals surface area contributed by atoms with Gasteiger partial charge in [0.25, 0.3) is 0 Å². The molecule has 0 saturated heterocycles. The number of nitrogens with zero attached hydrogens (tertiary/aromatic N) is 2. The molecule has 0 N–H and O–H groups in total. The maximum atomic E-state index is 5.78. The van der Waals surface area contributed by atoms with Crippen molar-refractivity contribution < 1.29 is 4.52 Å². The minimum atomic E-state index is 0.545. The van der Waals surface area contributed by atoms with Crippen LogP contribution in [0.1, 0.15) is 0 Å². The van der Waals surface area contributed by atoms with E-state index >= 15 is 0 Å². The number of rotatable bonds is 1. The average Bonchev–Trinajstić information content (AvgIpc) is 2.56. The molecule has 1 aromatic carbocycles. The van der Waals surface area contributed by atoms with Crippen LogP contribution >= 0.6 is 27.5 Å². The van der Waals surface area contributed by atoms with E-state index in [2.05, 4.69) is 30.6 Å². The summed E-state index contributed by atoms with van der Waals surface area (Å²) in [5, 5.41) is 4.38. The Bertz CT molecular complexity index is 416. The summed E-state index contributed by atoms with van der Waals surface area (Å²) in [5.41, 5.74) is 0.859. The van der Waals surface area contributed by atoms with Crippen molar-refractivity contribution in [2.75, 3.05) is 0 Å². The molecule has 5 heteroatoms. The van der Waals surface area contributed by atoms with Crippen molar-refractivity contribution in [3.8, 4) is 11.4 Å². The number of aromatic nitrogens is 2. The summed E-state index contributed by atoms with van der Waals surface area (Å²) >= 11 is 9.15. The molecule has 1 aromatic heterocycles. The van der Waals surface area contributed by atoms with Gasteiger partial charge in [0.2, 0.25) is 12.2 Å². The Morgan fingerprint density at radius 2 is 2.23 bits per heavy atom. The SMILES string of the molecule is Clc1ccc(-c2ncon2)c(Br)c1. The standard InChI is InChI=1S/C8H4BrClN2O/c9-7-3-5(10)1-2-6(7)8-11-4-13-12-8/h1-4H. The molecular weight excluding hydrogens is 255 g/mol. The molecule has 2 rings (SSSR count). The van der Waals surface area contributed by atoms with Gasteiger partial charge in [0, 0.05) is 15.1 Å². The molecule has 0 spiro atoms. The zero-order valence-electron chi connectivity index (χ0n) is 6.37. The Balaban J connectivity index is 2.53. The number of benzene rings is 1. The molecule has 0 radical (unpaired) electrons. The van der Waals surface area contributed by atoms with Gasteiger partial charge in [-0.25, -0.2) is 0 Å². The van der Waals surface area contributed by atoms with Gasteiger partial charge in [0.05, 0.1) is 0 Å². The lowest BCUT2D eigenvalue weighted by Gasteiger charge is -1.98. The second-order valence-electron chi connectivity index (χ2n) is 2.38.